The molecule has 0 aliphatic rings. The average molecular weight is 397 g/mol. The third-order valence-corrected chi connectivity index (χ3v) is 4.10. The molecule has 8 heteroatoms. The number of rotatable bonds is 3. The van der Waals surface area contributed by atoms with Gasteiger partial charge in [0.15, 0.2) is 0 Å². The number of hydrogen-bond donors (Lipinski definition) is 2. The summed E-state index contributed by atoms with van der Waals surface area (Å²) in [6.07, 6.45) is 0. The molecule has 0 radical (unpaired) electrons. The van der Waals surface area contributed by atoms with Gasteiger partial charge < -0.3 is 15.5 Å². The summed E-state index contributed by atoms with van der Waals surface area (Å²) in [4.78, 5) is 14.4. The molecule has 0 aliphatic carbocycles. The summed E-state index contributed by atoms with van der Waals surface area (Å²) in [5, 5.41) is 19.6. The molecule has 6 nitrogen and oxygen atoms in total. The highest BCUT2D eigenvalue weighted by Gasteiger charge is 2.18. The molecule has 1 aromatic heterocycles. The van der Waals surface area contributed by atoms with Gasteiger partial charge in [-0.25, -0.2) is 0 Å². The Morgan fingerprint density at radius 3 is 2.26 bits per heavy atom. The van der Waals surface area contributed by atoms with Gasteiger partial charge in [-0.2, -0.15) is 10.5 Å². The van der Waals surface area contributed by atoms with E-state index in [1.54, 1.807) is 42.5 Å². The van der Waals surface area contributed by atoms with Crippen LogP contribution in [0.1, 0.15) is 11.1 Å². The molecule has 0 aliphatic heterocycles. The minimum absolute atomic E-state index is 0.00843. The van der Waals surface area contributed by atoms with E-state index >= 15 is 0 Å². The van der Waals surface area contributed by atoms with Crippen molar-refractivity contribution in [2.75, 3.05) is 5.73 Å². The van der Waals surface area contributed by atoms with Gasteiger partial charge in [0.05, 0.1) is 0 Å². The van der Waals surface area contributed by atoms with E-state index in [4.69, 9.17) is 33.7 Å². The number of ether oxygens (including phenoxy) is 1. The molecule has 0 unspecified atom stereocenters. The Kier molecular flexibility index (Phi) is 5.05. The van der Waals surface area contributed by atoms with Crippen molar-refractivity contribution in [3.63, 3.8) is 0 Å². The zero-order valence-corrected chi connectivity index (χ0v) is 15.1. The lowest BCUT2D eigenvalue weighted by atomic mass is 9.96. The summed E-state index contributed by atoms with van der Waals surface area (Å²) in [6, 6.07) is 15.1. The number of nitrogen functional groups attached to an aromatic ring is 1. The minimum Gasteiger partial charge on any atom is -0.457 e. The fraction of sp³-hybridized carbons (Fsp3) is 0. The molecule has 0 atom stereocenters. The lowest BCUT2D eigenvalue weighted by molar-refractivity contribution is 0.483. The van der Waals surface area contributed by atoms with Crippen LogP contribution in [0.2, 0.25) is 10.0 Å². The quantitative estimate of drug-likeness (QED) is 0.677. The SMILES string of the molecule is N#Cc1c(N)[nH]c(=O)c(C#N)c1-c1cccc(Oc2cc(Cl)cc(Cl)c2)c1. The van der Waals surface area contributed by atoms with Crippen LogP contribution in [0.5, 0.6) is 11.5 Å². The monoisotopic (exact) mass is 396 g/mol. The molecule has 132 valence electrons. The van der Waals surface area contributed by atoms with E-state index in [-0.39, 0.29) is 22.5 Å². The van der Waals surface area contributed by atoms with Crippen molar-refractivity contribution >= 4 is 29.0 Å². The van der Waals surface area contributed by atoms with Gasteiger partial charge in [0.2, 0.25) is 0 Å². The van der Waals surface area contributed by atoms with Crippen LogP contribution < -0.4 is 16.0 Å². The number of halogens is 2. The molecule has 2 aromatic carbocycles. The maximum absolute atomic E-state index is 12.1. The molecular formula is C19H10Cl2N4O2. The Labute approximate surface area is 164 Å². The minimum atomic E-state index is -0.669. The van der Waals surface area contributed by atoms with Crippen LogP contribution in [0.4, 0.5) is 5.82 Å². The third-order valence-electron chi connectivity index (χ3n) is 3.66. The Morgan fingerprint density at radius 2 is 1.63 bits per heavy atom. The predicted octanol–water partition coefficient (Wildman–Crippen LogP) is 4.47. The molecular weight excluding hydrogens is 387 g/mol. The van der Waals surface area contributed by atoms with Crippen LogP contribution in [-0.4, -0.2) is 4.98 Å². The summed E-state index contributed by atoms with van der Waals surface area (Å²) in [5.74, 6) is 0.706. The highest BCUT2D eigenvalue weighted by atomic mass is 35.5. The van der Waals surface area contributed by atoms with Gasteiger partial charge in [-0.15, -0.1) is 0 Å². The molecule has 1 heterocycles. The first kappa shape index (κ1) is 18.3. The second-order valence-corrected chi connectivity index (χ2v) is 6.32. The second kappa shape index (κ2) is 7.43. The molecule has 0 saturated heterocycles. The van der Waals surface area contributed by atoms with E-state index in [0.29, 0.717) is 27.1 Å². The van der Waals surface area contributed by atoms with Crippen LogP contribution >= 0.6 is 23.2 Å². The zero-order valence-electron chi connectivity index (χ0n) is 13.6. The number of H-pyrrole nitrogens is 1. The van der Waals surface area contributed by atoms with Crippen molar-refractivity contribution < 1.29 is 4.74 Å². The molecule has 3 aromatic rings. The number of pyridine rings is 1. The van der Waals surface area contributed by atoms with Crippen molar-refractivity contribution in [2.24, 2.45) is 0 Å². The number of anilines is 1. The first-order valence-electron chi connectivity index (χ1n) is 7.53. The Hall–Kier alpha value is -3.45. The number of hydrogen-bond acceptors (Lipinski definition) is 5. The summed E-state index contributed by atoms with van der Waals surface area (Å²) in [7, 11) is 0. The van der Waals surface area contributed by atoms with Gasteiger partial charge in [-0.05, 0) is 35.9 Å². The number of nitrogens with zero attached hydrogens (tertiary/aromatic N) is 2. The first-order valence-corrected chi connectivity index (χ1v) is 8.29. The van der Waals surface area contributed by atoms with Crippen molar-refractivity contribution in [1.29, 1.82) is 10.5 Å². The van der Waals surface area contributed by atoms with Gasteiger partial charge >= 0.3 is 0 Å². The molecule has 0 fully saturated rings. The summed E-state index contributed by atoms with van der Waals surface area (Å²) >= 11 is 11.9. The van der Waals surface area contributed by atoms with Crippen molar-refractivity contribution in [3.05, 3.63) is 74.0 Å². The number of nitrogens with one attached hydrogen (secondary N) is 1. The first-order chi connectivity index (χ1) is 12.9. The number of nitrogens with two attached hydrogens (primary N) is 1. The largest absolute Gasteiger partial charge is 0.457 e. The number of benzene rings is 2. The lowest BCUT2D eigenvalue weighted by Crippen LogP contribution is -2.16. The van der Waals surface area contributed by atoms with E-state index in [1.165, 1.54) is 0 Å². The molecule has 27 heavy (non-hydrogen) atoms. The summed E-state index contributed by atoms with van der Waals surface area (Å²) in [5.41, 5.74) is 5.46. The fourth-order valence-electron chi connectivity index (χ4n) is 2.57. The lowest BCUT2D eigenvalue weighted by Gasteiger charge is -2.11. The highest BCUT2D eigenvalue weighted by Crippen LogP contribution is 2.33. The van der Waals surface area contributed by atoms with E-state index in [1.807, 2.05) is 12.1 Å². The maximum atomic E-state index is 12.1. The second-order valence-electron chi connectivity index (χ2n) is 5.45. The van der Waals surface area contributed by atoms with Crippen molar-refractivity contribution in [3.8, 4) is 34.8 Å². The molecule has 3 rings (SSSR count). The fourth-order valence-corrected chi connectivity index (χ4v) is 3.08. The summed E-state index contributed by atoms with van der Waals surface area (Å²) < 4.78 is 5.76. The van der Waals surface area contributed by atoms with Gasteiger partial charge in [0.25, 0.3) is 5.56 Å². The Morgan fingerprint density at radius 1 is 0.963 bits per heavy atom. The van der Waals surface area contributed by atoms with E-state index in [9.17, 15) is 15.3 Å². The maximum Gasteiger partial charge on any atom is 0.268 e. The molecule has 0 saturated carbocycles. The molecule has 0 bridgehead atoms. The standard InChI is InChI=1S/C19H10Cl2N4O2/c20-11-5-12(21)7-14(6-11)27-13-3-1-2-10(4-13)17-15(8-22)18(24)25-19(26)16(17)9-23/h1-7H,(H3,24,25,26). The number of nitriles is 2. The van der Waals surface area contributed by atoms with E-state index in [0.717, 1.165) is 0 Å². The normalized spacial score (nSPS) is 10.1. The van der Waals surface area contributed by atoms with Crippen LogP contribution in [0, 0.1) is 22.7 Å². The van der Waals surface area contributed by atoms with Gasteiger partial charge in [0, 0.05) is 15.6 Å². The zero-order chi connectivity index (χ0) is 19.6. The predicted molar refractivity (Wildman–Crippen MR) is 103 cm³/mol. The molecule has 3 N–H and O–H groups in total. The topological polar surface area (TPSA) is 116 Å². The van der Waals surface area contributed by atoms with Crippen molar-refractivity contribution in [2.45, 2.75) is 0 Å². The average Bonchev–Trinajstić information content (AvgIpc) is 2.60. The molecule has 0 spiro atoms. The third kappa shape index (κ3) is 3.73. The van der Waals surface area contributed by atoms with Gasteiger partial charge in [-0.3, -0.25) is 4.79 Å². The number of aromatic amines is 1. The Bertz CT molecular complexity index is 1170. The van der Waals surface area contributed by atoms with Crippen LogP contribution in [0.15, 0.2) is 47.3 Å². The van der Waals surface area contributed by atoms with Crippen LogP contribution in [0.3, 0.4) is 0 Å². The van der Waals surface area contributed by atoms with Gasteiger partial charge in [-0.1, -0.05) is 35.3 Å². The van der Waals surface area contributed by atoms with Crippen molar-refractivity contribution in [1.82, 2.24) is 4.98 Å². The Balaban J connectivity index is 2.13. The van der Waals surface area contributed by atoms with Gasteiger partial charge in [0.1, 0.15) is 40.6 Å². The van der Waals surface area contributed by atoms with E-state index in [2.05, 4.69) is 4.98 Å². The number of aromatic nitrogens is 1. The van der Waals surface area contributed by atoms with Crippen LogP contribution in [-0.2, 0) is 0 Å². The van der Waals surface area contributed by atoms with E-state index < -0.39 is 5.56 Å². The summed E-state index contributed by atoms with van der Waals surface area (Å²) in [6.45, 7) is 0. The van der Waals surface area contributed by atoms with Crippen LogP contribution in [0.25, 0.3) is 11.1 Å². The highest BCUT2D eigenvalue weighted by molar-refractivity contribution is 6.34. The smallest absolute Gasteiger partial charge is 0.268 e. The molecule has 0 amide bonds.